The van der Waals surface area contributed by atoms with Gasteiger partial charge >= 0.3 is 5.97 Å². The van der Waals surface area contributed by atoms with E-state index >= 15 is 0 Å². The molecule has 1 aromatic carbocycles. The molecule has 1 aromatic rings. The van der Waals surface area contributed by atoms with E-state index in [-0.39, 0.29) is 5.91 Å². The summed E-state index contributed by atoms with van der Waals surface area (Å²) in [6.07, 6.45) is 2.58. The molecular formula is C14H20N2O3S. The van der Waals surface area contributed by atoms with Crippen LogP contribution in [0.4, 0.5) is 5.69 Å². The summed E-state index contributed by atoms with van der Waals surface area (Å²) in [5.74, 6) is 0.174. The third kappa shape index (κ3) is 5.22. The number of nitrogens with one attached hydrogen (secondary N) is 1. The fourth-order valence-corrected chi connectivity index (χ4v) is 2.04. The van der Waals surface area contributed by atoms with Crippen LogP contribution in [0, 0.1) is 0 Å². The van der Waals surface area contributed by atoms with Crippen molar-refractivity contribution in [3.63, 3.8) is 0 Å². The zero-order chi connectivity index (χ0) is 15.0. The van der Waals surface area contributed by atoms with Gasteiger partial charge in [0.15, 0.2) is 0 Å². The van der Waals surface area contributed by atoms with E-state index < -0.39 is 12.0 Å². The van der Waals surface area contributed by atoms with Crippen LogP contribution in [0.1, 0.15) is 23.7 Å². The molecule has 110 valence electrons. The van der Waals surface area contributed by atoms with Gasteiger partial charge in [-0.2, -0.15) is 11.8 Å². The number of ether oxygens (including phenoxy) is 1. The molecule has 3 N–H and O–H groups in total. The monoisotopic (exact) mass is 296 g/mol. The van der Waals surface area contributed by atoms with Gasteiger partial charge in [-0.25, -0.2) is 4.79 Å². The van der Waals surface area contributed by atoms with E-state index in [0.717, 1.165) is 5.75 Å². The molecule has 20 heavy (non-hydrogen) atoms. The second kappa shape index (κ2) is 8.60. The van der Waals surface area contributed by atoms with E-state index in [1.807, 2.05) is 6.26 Å². The highest BCUT2D eigenvalue weighted by Gasteiger charge is 2.14. The highest BCUT2D eigenvalue weighted by atomic mass is 32.2. The number of anilines is 1. The minimum absolute atomic E-state index is 0.250. The van der Waals surface area contributed by atoms with Crippen molar-refractivity contribution in [2.75, 3.05) is 23.9 Å². The topological polar surface area (TPSA) is 81.4 Å². The molecule has 5 nitrogen and oxygen atoms in total. The number of hydrogen-bond donors (Lipinski definition) is 2. The van der Waals surface area contributed by atoms with Crippen LogP contribution in [0.5, 0.6) is 0 Å². The van der Waals surface area contributed by atoms with Crippen molar-refractivity contribution in [1.82, 2.24) is 0 Å². The second-order valence-corrected chi connectivity index (χ2v) is 5.16. The van der Waals surface area contributed by atoms with Gasteiger partial charge in [-0.1, -0.05) is 6.07 Å². The largest absolute Gasteiger partial charge is 0.462 e. The maximum atomic E-state index is 11.9. The van der Waals surface area contributed by atoms with Crippen LogP contribution in [-0.2, 0) is 9.53 Å². The molecule has 0 aromatic heterocycles. The van der Waals surface area contributed by atoms with Crippen molar-refractivity contribution in [3.8, 4) is 0 Å². The summed E-state index contributed by atoms with van der Waals surface area (Å²) in [6, 6.07) is 6.07. The fourth-order valence-electron chi connectivity index (χ4n) is 1.55. The molecule has 0 fully saturated rings. The van der Waals surface area contributed by atoms with Crippen LogP contribution in [-0.4, -0.2) is 36.5 Å². The molecule has 0 heterocycles. The molecule has 0 spiro atoms. The summed E-state index contributed by atoms with van der Waals surface area (Å²) in [7, 11) is 0. The summed E-state index contributed by atoms with van der Waals surface area (Å²) in [5.41, 5.74) is 6.73. The smallest absolute Gasteiger partial charge is 0.338 e. The number of benzene rings is 1. The van der Waals surface area contributed by atoms with Gasteiger partial charge in [-0.05, 0) is 43.6 Å². The highest BCUT2D eigenvalue weighted by molar-refractivity contribution is 7.98. The van der Waals surface area contributed by atoms with Crippen molar-refractivity contribution in [3.05, 3.63) is 29.8 Å². The van der Waals surface area contributed by atoms with E-state index in [4.69, 9.17) is 10.5 Å². The third-order valence-electron chi connectivity index (χ3n) is 2.61. The van der Waals surface area contributed by atoms with E-state index in [0.29, 0.717) is 24.3 Å². The van der Waals surface area contributed by atoms with Crippen molar-refractivity contribution < 1.29 is 14.3 Å². The highest BCUT2D eigenvalue weighted by Crippen LogP contribution is 2.12. The molecule has 0 radical (unpaired) electrons. The number of carbonyl (C=O) groups is 2. The number of hydrogen-bond acceptors (Lipinski definition) is 5. The molecule has 0 saturated heterocycles. The standard InChI is InChI=1S/C14H20N2O3S/c1-3-19-14(18)10-5-4-6-11(9-10)16-13(17)12(15)7-8-20-2/h4-6,9,12H,3,7-8,15H2,1-2H3,(H,16,17)/t12-/m1/s1. The van der Waals surface area contributed by atoms with Gasteiger partial charge in [0.25, 0.3) is 0 Å². The Hall–Kier alpha value is -1.53. The Kier molecular flexibility index (Phi) is 7.11. The lowest BCUT2D eigenvalue weighted by Gasteiger charge is -2.12. The SMILES string of the molecule is CCOC(=O)c1cccc(NC(=O)[C@H](N)CCSC)c1. The maximum Gasteiger partial charge on any atom is 0.338 e. The first-order valence-electron chi connectivity index (χ1n) is 6.41. The molecule has 0 aliphatic heterocycles. The fraction of sp³-hybridized carbons (Fsp3) is 0.429. The first-order valence-corrected chi connectivity index (χ1v) is 7.80. The first-order chi connectivity index (χ1) is 9.58. The van der Waals surface area contributed by atoms with Crippen molar-refractivity contribution in [2.24, 2.45) is 5.73 Å². The Balaban J connectivity index is 2.66. The lowest BCUT2D eigenvalue weighted by atomic mass is 10.2. The minimum atomic E-state index is -0.548. The molecule has 0 aliphatic carbocycles. The van der Waals surface area contributed by atoms with Crippen LogP contribution in [0.2, 0.25) is 0 Å². The number of amides is 1. The maximum absolute atomic E-state index is 11.9. The third-order valence-corrected chi connectivity index (χ3v) is 3.25. The van der Waals surface area contributed by atoms with Crippen LogP contribution >= 0.6 is 11.8 Å². The molecule has 1 amide bonds. The van der Waals surface area contributed by atoms with Crippen LogP contribution < -0.4 is 11.1 Å². The Labute approximate surface area is 123 Å². The summed E-state index contributed by atoms with van der Waals surface area (Å²) in [6.45, 7) is 2.06. The predicted molar refractivity (Wildman–Crippen MR) is 82.0 cm³/mol. The van der Waals surface area contributed by atoms with Crippen molar-refractivity contribution in [2.45, 2.75) is 19.4 Å². The Morgan fingerprint density at radius 3 is 2.85 bits per heavy atom. The van der Waals surface area contributed by atoms with E-state index in [2.05, 4.69) is 5.32 Å². The van der Waals surface area contributed by atoms with Gasteiger partial charge in [-0.3, -0.25) is 4.79 Å². The summed E-state index contributed by atoms with van der Waals surface area (Å²) < 4.78 is 4.91. The summed E-state index contributed by atoms with van der Waals surface area (Å²) >= 11 is 1.64. The first kappa shape index (κ1) is 16.5. The molecule has 0 aliphatic rings. The average molecular weight is 296 g/mol. The normalized spacial score (nSPS) is 11.8. The zero-order valence-electron chi connectivity index (χ0n) is 11.7. The van der Waals surface area contributed by atoms with Gasteiger partial charge in [-0.15, -0.1) is 0 Å². The molecule has 1 rings (SSSR count). The Morgan fingerprint density at radius 1 is 1.45 bits per heavy atom. The van der Waals surface area contributed by atoms with Crippen LogP contribution in [0.15, 0.2) is 24.3 Å². The number of carbonyl (C=O) groups excluding carboxylic acids is 2. The van der Waals surface area contributed by atoms with Crippen molar-refractivity contribution >= 4 is 29.3 Å². The Bertz CT molecular complexity index is 465. The zero-order valence-corrected chi connectivity index (χ0v) is 12.5. The van der Waals surface area contributed by atoms with Gasteiger partial charge in [0, 0.05) is 5.69 Å². The lowest BCUT2D eigenvalue weighted by molar-refractivity contribution is -0.117. The molecular weight excluding hydrogens is 276 g/mol. The average Bonchev–Trinajstić information content (AvgIpc) is 2.45. The Morgan fingerprint density at radius 2 is 2.20 bits per heavy atom. The molecule has 1 atom stereocenters. The van der Waals surface area contributed by atoms with E-state index in [1.54, 1.807) is 43.0 Å². The summed E-state index contributed by atoms with van der Waals surface area (Å²) in [4.78, 5) is 23.5. The molecule has 6 heteroatoms. The van der Waals surface area contributed by atoms with E-state index in [9.17, 15) is 9.59 Å². The van der Waals surface area contributed by atoms with Crippen LogP contribution in [0.25, 0.3) is 0 Å². The molecule has 0 bridgehead atoms. The number of nitrogens with two attached hydrogens (primary N) is 1. The van der Waals surface area contributed by atoms with Crippen LogP contribution in [0.3, 0.4) is 0 Å². The van der Waals surface area contributed by atoms with Gasteiger partial charge in [0.1, 0.15) is 0 Å². The molecule has 0 unspecified atom stereocenters. The number of rotatable bonds is 7. The minimum Gasteiger partial charge on any atom is -0.462 e. The molecule has 0 saturated carbocycles. The predicted octanol–water partition coefficient (Wildman–Crippen LogP) is 1.88. The van der Waals surface area contributed by atoms with Gasteiger partial charge in [0.2, 0.25) is 5.91 Å². The van der Waals surface area contributed by atoms with Gasteiger partial charge in [0.05, 0.1) is 18.2 Å². The lowest BCUT2D eigenvalue weighted by Crippen LogP contribution is -2.36. The number of thioether (sulfide) groups is 1. The van der Waals surface area contributed by atoms with Gasteiger partial charge < -0.3 is 15.8 Å². The quantitative estimate of drug-likeness (QED) is 0.751. The van der Waals surface area contributed by atoms with E-state index in [1.165, 1.54) is 0 Å². The second-order valence-electron chi connectivity index (χ2n) is 4.18. The number of esters is 1. The van der Waals surface area contributed by atoms with Crippen molar-refractivity contribution in [1.29, 1.82) is 0 Å². The summed E-state index contributed by atoms with van der Waals surface area (Å²) in [5, 5.41) is 2.71.